The molecule has 0 N–H and O–H groups in total. The minimum absolute atomic E-state index is 0.0350. The van der Waals surface area contributed by atoms with Gasteiger partial charge in [0.2, 0.25) is 10.0 Å². The van der Waals surface area contributed by atoms with Crippen molar-refractivity contribution in [3.05, 3.63) is 65.5 Å². The maximum Gasteiger partial charge on any atom is 0.316 e. The highest BCUT2D eigenvalue weighted by Gasteiger charge is 2.44. The molecule has 7 heteroatoms. The standard InChI is InChI=1S/C21H24FNO4S/c1-23(2)28(25,26)19-10-5-7-16(13-19)15-27-20(24)21(11-3-4-12-21)17-8-6-9-18(22)14-17/h5-10,13-14H,3-4,11-12,15H2,1-2H3. The summed E-state index contributed by atoms with van der Waals surface area (Å²) in [6.07, 6.45) is 2.99. The maximum absolute atomic E-state index is 13.7. The number of benzene rings is 2. The SMILES string of the molecule is CN(C)S(=O)(=O)c1cccc(COC(=O)C2(c3cccc(F)c3)CCCC2)c1. The van der Waals surface area contributed by atoms with E-state index in [1.165, 1.54) is 38.4 Å². The van der Waals surface area contributed by atoms with E-state index < -0.39 is 21.4 Å². The van der Waals surface area contributed by atoms with Gasteiger partial charge >= 0.3 is 5.97 Å². The summed E-state index contributed by atoms with van der Waals surface area (Å²) in [6.45, 7) is -0.0350. The second-order valence-corrected chi connectivity index (χ2v) is 9.46. The molecule has 0 heterocycles. The molecule has 0 unspecified atom stereocenters. The number of rotatable bonds is 6. The lowest BCUT2D eigenvalue weighted by atomic mass is 9.79. The van der Waals surface area contributed by atoms with Crippen LogP contribution in [0.15, 0.2) is 53.4 Å². The van der Waals surface area contributed by atoms with Crippen molar-refractivity contribution >= 4 is 16.0 Å². The second kappa shape index (κ2) is 8.01. The van der Waals surface area contributed by atoms with Crippen LogP contribution in [-0.4, -0.2) is 32.8 Å². The smallest absolute Gasteiger partial charge is 0.316 e. The second-order valence-electron chi connectivity index (χ2n) is 7.31. The normalized spacial score (nSPS) is 16.3. The Bertz CT molecular complexity index is 966. The van der Waals surface area contributed by atoms with Crippen LogP contribution in [0.2, 0.25) is 0 Å². The summed E-state index contributed by atoms with van der Waals surface area (Å²) < 4.78 is 45.0. The van der Waals surface area contributed by atoms with Gasteiger partial charge < -0.3 is 4.74 Å². The van der Waals surface area contributed by atoms with Gasteiger partial charge in [0.25, 0.3) is 0 Å². The van der Waals surface area contributed by atoms with Crippen LogP contribution in [0.1, 0.15) is 36.8 Å². The lowest BCUT2D eigenvalue weighted by Gasteiger charge is -2.27. The van der Waals surface area contributed by atoms with E-state index in [0.29, 0.717) is 24.0 Å². The van der Waals surface area contributed by atoms with Crippen LogP contribution >= 0.6 is 0 Å². The number of carbonyl (C=O) groups is 1. The average Bonchev–Trinajstić information content (AvgIpc) is 3.17. The molecule has 0 radical (unpaired) electrons. The lowest BCUT2D eigenvalue weighted by Crippen LogP contribution is -2.34. The molecule has 1 saturated carbocycles. The molecule has 2 aromatic rings. The van der Waals surface area contributed by atoms with E-state index in [1.54, 1.807) is 24.3 Å². The van der Waals surface area contributed by atoms with Gasteiger partial charge in [-0.2, -0.15) is 0 Å². The molecule has 3 rings (SSSR count). The highest BCUT2D eigenvalue weighted by atomic mass is 32.2. The van der Waals surface area contributed by atoms with Crippen LogP contribution in [0.4, 0.5) is 4.39 Å². The fourth-order valence-corrected chi connectivity index (χ4v) is 4.64. The molecular weight excluding hydrogens is 381 g/mol. The van der Waals surface area contributed by atoms with Crippen molar-refractivity contribution in [1.82, 2.24) is 4.31 Å². The first-order valence-corrected chi connectivity index (χ1v) is 10.6. The summed E-state index contributed by atoms with van der Waals surface area (Å²) in [5, 5.41) is 0. The predicted octanol–water partition coefficient (Wildman–Crippen LogP) is 3.63. The molecule has 150 valence electrons. The molecule has 0 amide bonds. The predicted molar refractivity (Wildman–Crippen MR) is 104 cm³/mol. The highest BCUT2D eigenvalue weighted by Crippen LogP contribution is 2.42. The topological polar surface area (TPSA) is 63.7 Å². The van der Waals surface area contributed by atoms with Crippen molar-refractivity contribution in [2.24, 2.45) is 0 Å². The van der Waals surface area contributed by atoms with E-state index in [9.17, 15) is 17.6 Å². The number of halogens is 1. The summed E-state index contributed by atoms with van der Waals surface area (Å²) >= 11 is 0. The van der Waals surface area contributed by atoms with Crippen LogP contribution in [-0.2, 0) is 31.6 Å². The van der Waals surface area contributed by atoms with Crippen LogP contribution in [0.3, 0.4) is 0 Å². The van der Waals surface area contributed by atoms with Gasteiger partial charge in [-0.05, 0) is 48.2 Å². The third kappa shape index (κ3) is 3.95. The van der Waals surface area contributed by atoms with E-state index in [2.05, 4.69) is 0 Å². The molecule has 0 aliphatic heterocycles. The third-order valence-electron chi connectivity index (χ3n) is 5.27. The van der Waals surface area contributed by atoms with Gasteiger partial charge in [0.1, 0.15) is 12.4 Å². The molecule has 0 saturated heterocycles. The van der Waals surface area contributed by atoms with Gasteiger partial charge in [-0.25, -0.2) is 17.1 Å². The fourth-order valence-electron chi connectivity index (χ4n) is 3.67. The summed E-state index contributed by atoms with van der Waals surface area (Å²) in [7, 11) is -0.636. The van der Waals surface area contributed by atoms with E-state index >= 15 is 0 Å². The molecule has 0 bridgehead atoms. The lowest BCUT2D eigenvalue weighted by molar-refractivity contribution is -0.152. The van der Waals surface area contributed by atoms with E-state index in [0.717, 1.165) is 17.1 Å². The van der Waals surface area contributed by atoms with Crippen molar-refractivity contribution < 1.29 is 22.3 Å². The van der Waals surface area contributed by atoms with Crippen molar-refractivity contribution in [3.63, 3.8) is 0 Å². The van der Waals surface area contributed by atoms with Gasteiger partial charge in [-0.1, -0.05) is 37.1 Å². The number of nitrogens with zero attached hydrogens (tertiary/aromatic N) is 1. The van der Waals surface area contributed by atoms with Gasteiger partial charge in [0, 0.05) is 14.1 Å². The van der Waals surface area contributed by atoms with Gasteiger partial charge in [-0.3, -0.25) is 4.79 Å². The van der Waals surface area contributed by atoms with Crippen molar-refractivity contribution in [3.8, 4) is 0 Å². The molecule has 1 fully saturated rings. The Morgan fingerprint density at radius 3 is 2.43 bits per heavy atom. The van der Waals surface area contributed by atoms with E-state index in [-0.39, 0.29) is 17.3 Å². The number of esters is 1. The number of hydrogen-bond donors (Lipinski definition) is 0. The Balaban J connectivity index is 1.80. The monoisotopic (exact) mass is 405 g/mol. The number of hydrogen-bond acceptors (Lipinski definition) is 4. The zero-order chi connectivity index (χ0) is 20.4. The highest BCUT2D eigenvalue weighted by molar-refractivity contribution is 7.89. The Labute approximate surface area is 165 Å². The summed E-state index contributed by atoms with van der Waals surface area (Å²) in [5.74, 6) is -0.769. The summed E-state index contributed by atoms with van der Waals surface area (Å²) in [6, 6.07) is 12.5. The fraction of sp³-hybridized carbons (Fsp3) is 0.381. The van der Waals surface area contributed by atoms with Crippen LogP contribution in [0.25, 0.3) is 0 Å². The molecule has 0 spiro atoms. The minimum Gasteiger partial charge on any atom is -0.460 e. The Kier molecular flexibility index (Phi) is 5.86. The van der Waals surface area contributed by atoms with Crippen LogP contribution in [0.5, 0.6) is 0 Å². The average molecular weight is 405 g/mol. The summed E-state index contributed by atoms with van der Waals surface area (Å²) in [4.78, 5) is 13.1. The maximum atomic E-state index is 13.7. The molecule has 5 nitrogen and oxygen atoms in total. The molecule has 1 aliphatic carbocycles. The Morgan fingerprint density at radius 2 is 1.79 bits per heavy atom. The van der Waals surface area contributed by atoms with Crippen LogP contribution < -0.4 is 0 Å². The van der Waals surface area contributed by atoms with Gasteiger partial charge in [0.15, 0.2) is 0 Å². The quantitative estimate of drug-likeness (QED) is 0.689. The van der Waals surface area contributed by atoms with Crippen molar-refractivity contribution in [2.45, 2.75) is 42.6 Å². The van der Waals surface area contributed by atoms with Gasteiger partial charge in [-0.15, -0.1) is 0 Å². The Morgan fingerprint density at radius 1 is 1.11 bits per heavy atom. The largest absolute Gasteiger partial charge is 0.460 e. The molecule has 2 aromatic carbocycles. The third-order valence-corrected chi connectivity index (χ3v) is 7.08. The molecule has 1 aliphatic rings. The molecular formula is C21H24FNO4S. The molecule has 0 aromatic heterocycles. The number of ether oxygens (including phenoxy) is 1. The number of carbonyl (C=O) groups excluding carboxylic acids is 1. The Hall–Kier alpha value is -2.25. The molecule has 28 heavy (non-hydrogen) atoms. The van der Waals surface area contributed by atoms with E-state index in [1.807, 2.05) is 0 Å². The van der Waals surface area contributed by atoms with Crippen LogP contribution in [0, 0.1) is 5.82 Å². The molecule has 0 atom stereocenters. The first-order valence-electron chi connectivity index (χ1n) is 9.20. The number of sulfonamides is 1. The zero-order valence-electron chi connectivity index (χ0n) is 16.0. The zero-order valence-corrected chi connectivity index (χ0v) is 16.8. The summed E-state index contributed by atoms with van der Waals surface area (Å²) in [5.41, 5.74) is 0.387. The first kappa shape index (κ1) is 20.5. The van der Waals surface area contributed by atoms with Crippen molar-refractivity contribution in [1.29, 1.82) is 0 Å². The minimum atomic E-state index is -3.56. The first-order chi connectivity index (χ1) is 13.3. The van der Waals surface area contributed by atoms with Gasteiger partial charge in [0.05, 0.1) is 10.3 Å². The van der Waals surface area contributed by atoms with Crippen molar-refractivity contribution in [2.75, 3.05) is 14.1 Å². The van der Waals surface area contributed by atoms with E-state index in [4.69, 9.17) is 4.74 Å².